The maximum absolute atomic E-state index is 11.3. The van der Waals surface area contributed by atoms with Crippen molar-refractivity contribution < 1.29 is 17.9 Å². The molecule has 0 amide bonds. The van der Waals surface area contributed by atoms with Crippen LogP contribution in [0.3, 0.4) is 0 Å². The molecule has 0 aliphatic rings. The molecule has 0 fully saturated rings. The summed E-state index contributed by atoms with van der Waals surface area (Å²) in [4.78, 5) is 11.1. The molecule has 0 aliphatic carbocycles. The van der Waals surface area contributed by atoms with E-state index in [4.69, 9.17) is 9.88 Å². The van der Waals surface area contributed by atoms with Crippen LogP contribution in [0.4, 0.5) is 0 Å². The normalized spacial score (nSPS) is 11.1. The minimum absolute atomic E-state index is 0.0116. The summed E-state index contributed by atoms with van der Waals surface area (Å²) >= 11 is 0. The monoisotopic (exact) mass is 229 g/mol. The third kappa shape index (κ3) is 2.34. The van der Waals surface area contributed by atoms with Crippen LogP contribution in [0.2, 0.25) is 0 Å². The van der Waals surface area contributed by atoms with E-state index < -0.39 is 15.8 Å². The summed E-state index contributed by atoms with van der Waals surface area (Å²) in [6.45, 7) is 1.26. The third-order valence-corrected chi connectivity index (χ3v) is 2.82. The molecule has 0 heterocycles. The molecule has 0 atom stereocenters. The first kappa shape index (κ1) is 11.7. The Morgan fingerprint density at radius 3 is 2.40 bits per heavy atom. The van der Waals surface area contributed by atoms with Crippen molar-refractivity contribution in [2.75, 3.05) is 7.11 Å². The number of benzene rings is 1. The predicted octanol–water partition coefficient (Wildman–Crippen LogP) is 0.545. The van der Waals surface area contributed by atoms with E-state index in [1.807, 2.05) is 0 Å². The molecule has 15 heavy (non-hydrogen) atoms. The third-order valence-electron chi connectivity index (χ3n) is 1.87. The van der Waals surface area contributed by atoms with Crippen LogP contribution in [0.15, 0.2) is 23.1 Å². The summed E-state index contributed by atoms with van der Waals surface area (Å²) in [5.41, 5.74) is -0.0116. The average molecular weight is 229 g/mol. The average Bonchev–Trinajstić information content (AvgIpc) is 2.15. The number of sulfonamides is 1. The van der Waals surface area contributed by atoms with Crippen molar-refractivity contribution >= 4 is 15.8 Å². The molecule has 0 aromatic heterocycles. The fourth-order valence-electron chi connectivity index (χ4n) is 1.27. The fourth-order valence-corrected chi connectivity index (χ4v) is 2.06. The molecule has 0 spiro atoms. The van der Waals surface area contributed by atoms with Crippen molar-refractivity contribution in [3.63, 3.8) is 0 Å². The molecule has 0 saturated heterocycles. The highest BCUT2D eigenvalue weighted by molar-refractivity contribution is 7.89. The zero-order valence-corrected chi connectivity index (χ0v) is 9.17. The van der Waals surface area contributed by atoms with Gasteiger partial charge in [0.1, 0.15) is 5.75 Å². The number of ketones is 1. The first-order valence-corrected chi connectivity index (χ1v) is 5.63. The van der Waals surface area contributed by atoms with E-state index in [1.54, 1.807) is 0 Å². The van der Waals surface area contributed by atoms with E-state index in [9.17, 15) is 13.2 Å². The molecule has 0 radical (unpaired) electrons. The van der Waals surface area contributed by atoms with Crippen LogP contribution in [-0.4, -0.2) is 21.3 Å². The standard InChI is InChI=1S/C9H11NO4S/c1-6(11)9-7(14-2)4-3-5-8(9)15(10,12)13/h3-5H,1-2H3,(H2,10,12,13). The second-order valence-electron chi connectivity index (χ2n) is 2.93. The quantitative estimate of drug-likeness (QED) is 0.766. The minimum atomic E-state index is -3.91. The maximum atomic E-state index is 11.3. The van der Waals surface area contributed by atoms with Gasteiger partial charge in [-0.2, -0.15) is 0 Å². The number of hydrogen-bond donors (Lipinski definition) is 1. The zero-order chi connectivity index (χ0) is 11.6. The van der Waals surface area contributed by atoms with E-state index in [2.05, 4.69) is 0 Å². The molecule has 1 rings (SSSR count). The Balaban J connectivity index is 3.60. The lowest BCUT2D eigenvalue weighted by atomic mass is 10.1. The lowest BCUT2D eigenvalue weighted by molar-refractivity contribution is 0.101. The van der Waals surface area contributed by atoms with Crippen molar-refractivity contribution in [2.24, 2.45) is 5.14 Å². The van der Waals surface area contributed by atoms with Crippen molar-refractivity contribution in [2.45, 2.75) is 11.8 Å². The Morgan fingerprint density at radius 2 is 2.00 bits per heavy atom. The number of hydrogen-bond acceptors (Lipinski definition) is 4. The molecule has 5 nitrogen and oxygen atoms in total. The van der Waals surface area contributed by atoms with Gasteiger partial charge in [-0.3, -0.25) is 4.79 Å². The van der Waals surface area contributed by atoms with Crippen molar-refractivity contribution in [3.05, 3.63) is 23.8 Å². The van der Waals surface area contributed by atoms with Crippen LogP contribution in [0.25, 0.3) is 0 Å². The smallest absolute Gasteiger partial charge is 0.238 e. The van der Waals surface area contributed by atoms with E-state index >= 15 is 0 Å². The summed E-state index contributed by atoms with van der Waals surface area (Å²) in [6.07, 6.45) is 0. The van der Waals surface area contributed by atoms with Gasteiger partial charge in [-0.15, -0.1) is 0 Å². The summed E-state index contributed by atoms with van der Waals surface area (Å²) in [5.74, 6) is -0.203. The number of Topliss-reactive ketones (excluding diaryl/α,β-unsaturated/α-hetero) is 1. The number of ether oxygens (including phenoxy) is 1. The van der Waals surface area contributed by atoms with Gasteiger partial charge < -0.3 is 4.74 Å². The van der Waals surface area contributed by atoms with Gasteiger partial charge in [0, 0.05) is 0 Å². The Bertz CT molecular complexity index is 493. The van der Waals surface area contributed by atoms with E-state index in [0.717, 1.165) is 0 Å². The highest BCUT2D eigenvalue weighted by Gasteiger charge is 2.20. The molecule has 0 saturated carbocycles. The number of carbonyl (C=O) groups is 1. The number of rotatable bonds is 3. The summed E-state index contributed by atoms with van der Waals surface area (Å²) in [7, 11) is -2.56. The van der Waals surface area contributed by atoms with Gasteiger partial charge in [-0.1, -0.05) is 6.07 Å². The van der Waals surface area contributed by atoms with Gasteiger partial charge in [0.05, 0.1) is 17.6 Å². The SMILES string of the molecule is COc1cccc(S(N)(=O)=O)c1C(C)=O. The van der Waals surface area contributed by atoms with Crippen molar-refractivity contribution in [3.8, 4) is 5.75 Å². The van der Waals surface area contributed by atoms with Crippen LogP contribution in [0.1, 0.15) is 17.3 Å². The number of methoxy groups -OCH3 is 1. The summed E-state index contributed by atoms with van der Waals surface area (Å²) in [5, 5.41) is 4.98. The first-order valence-electron chi connectivity index (χ1n) is 4.08. The number of carbonyl (C=O) groups excluding carboxylic acids is 1. The molecular formula is C9H11NO4S. The Hall–Kier alpha value is -1.40. The highest BCUT2D eigenvalue weighted by Crippen LogP contribution is 2.25. The maximum Gasteiger partial charge on any atom is 0.238 e. The molecule has 2 N–H and O–H groups in total. The molecule has 0 unspecified atom stereocenters. The summed E-state index contributed by atoms with van der Waals surface area (Å²) in [6, 6.07) is 4.24. The van der Waals surface area contributed by atoms with E-state index in [0.29, 0.717) is 0 Å². The molecule has 1 aromatic carbocycles. The predicted molar refractivity (Wildman–Crippen MR) is 54.4 cm³/mol. The van der Waals surface area contributed by atoms with Gasteiger partial charge in [-0.25, -0.2) is 13.6 Å². The topological polar surface area (TPSA) is 86.5 Å². The Kier molecular flexibility index (Phi) is 3.11. The second kappa shape index (κ2) is 4.00. The number of nitrogens with two attached hydrogens (primary N) is 1. The lowest BCUT2D eigenvalue weighted by Gasteiger charge is -2.09. The lowest BCUT2D eigenvalue weighted by Crippen LogP contribution is -2.16. The largest absolute Gasteiger partial charge is 0.496 e. The number of primary sulfonamides is 1. The first-order chi connectivity index (χ1) is 6.88. The molecule has 82 valence electrons. The van der Waals surface area contributed by atoms with E-state index in [1.165, 1.54) is 32.2 Å². The van der Waals surface area contributed by atoms with Crippen LogP contribution >= 0.6 is 0 Å². The zero-order valence-electron chi connectivity index (χ0n) is 8.35. The van der Waals surface area contributed by atoms with Crippen LogP contribution in [-0.2, 0) is 10.0 Å². The van der Waals surface area contributed by atoms with Crippen LogP contribution < -0.4 is 9.88 Å². The van der Waals surface area contributed by atoms with E-state index in [-0.39, 0.29) is 16.2 Å². The Labute approximate surface area is 87.9 Å². The van der Waals surface area contributed by atoms with Gasteiger partial charge in [-0.05, 0) is 19.1 Å². The second-order valence-corrected chi connectivity index (χ2v) is 4.46. The van der Waals surface area contributed by atoms with Crippen molar-refractivity contribution in [1.82, 2.24) is 0 Å². The molecule has 0 aliphatic heterocycles. The molecule has 0 bridgehead atoms. The van der Waals surface area contributed by atoms with Gasteiger partial charge in [0.15, 0.2) is 5.78 Å². The molecular weight excluding hydrogens is 218 g/mol. The van der Waals surface area contributed by atoms with Crippen molar-refractivity contribution in [1.29, 1.82) is 0 Å². The van der Waals surface area contributed by atoms with Crippen LogP contribution in [0, 0.1) is 0 Å². The van der Waals surface area contributed by atoms with Gasteiger partial charge in [0.2, 0.25) is 10.0 Å². The highest BCUT2D eigenvalue weighted by atomic mass is 32.2. The molecule has 1 aromatic rings. The summed E-state index contributed by atoms with van der Waals surface area (Å²) < 4.78 is 27.3. The molecule has 6 heteroatoms. The van der Waals surface area contributed by atoms with Crippen LogP contribution in [0.5, 0.6) is 5.75 Å². The van der Waals surface area contributed by atoms with Gasteiger partial charge >= 0.3 is 0 Å². The Morgan fingerprint density at radius 1 is 1.40 bits per heavy atom. The minimum Gasteiger partial charge on any atom is -0.496 e. The fraction of sp³-hybridized carbons (Fsp3) is 0.222. The van der Waals surface area contributed by atoms with Gasteiger partial charge in [0.25, 0.3) is 0 Å².